The number of aliphatic hydroxyl groups is 1. The molecule has 3 fully saturated rings. The second-order valence-electron chi connectivity index (χ2n) is 10.8. The van der Waals surface area contributed by atoms with Crippen molar-refractivity contribution in [2.24, 2.45) is 11.8 Å². The van der Waals surface area contributed by atoms with Gasteiger partial charge in [-0.1, -0.05) is 60.7 Å². The molecule has 3 heterocycles. The summed E-state index contributed by atoms with van der Waals surface area (Å²) in [6.07, 6.45) is 1.39. The number of fused-ring (bicyclic) bond motifs is 1. The average molecular weight is 572 g/mol. The Morgan fingerprint density at radius 1 is 1.02 bits per heavy atom. The van der Waals surface area contributed by atoms with E-state index < -0.39 is 28.7 Å². The van der Waals surface area contributed by atoms with Crippen LogP contribution < -0.4 is 15.4 Å². The number of benzene rings is 3. The largest absolute Gasteiger partial charge is 0.497 e. The highest BCUT2D eigenvalue weighted by molar-refractivity contribution is 8.02. The number of nitrogens with one attached hydrogen (secondary N) is 2. The van der Waals surface area contributed by atoms with Crippen LogP contribution in [0.2, 0.25) is 0 Å². The van der Waals surface area contributed by atoms with Crippen LogP contribution in [0.15, 0.2) is 84.9 Å². The van der Waals surface area contributed by atoms with Crippen molar-refractivity contribution in [2.45, 2.75) is 41.5 Å². The van der Waals surface area contributed by atoms with Crippen LogP contribution in [-0.2, 0) is 20.9 Å². The van der Waals surface area contributed by atoms with Gasteiger partial charge in [-0.2, -0.15) is 0 Å². The van der Waals surface area contributed by atoms with Crippen LogP contribution in [0, 0.1) is 11.8 Å². The first-order chi connectivity index (χ1) is 20.0. The average Bonchev–Trinajstić information content (AvgIpc) is 3.65. The molecule has 0 aromatic heterocycles. The summed E-state index contributed by atoms with van der Waals surface area (Å²) < 4.78 is 4.47. The van der Waals surface area contributed by atoms with Gasteiger partial charge in [0.1, 0.15) is 11.8 Å². The minimum atomic E-state index is -0.860. The molecule has 0 aliphatic carbocycles. The van der Waals surface area contributed by atoms with Crippen LogP contribution in [0.25, 0.3) is 0 Å². The van der Waals surface area contributed by atoms with E-state index in [2.05, 4.69) is 10.6 Å². The molecule has 0 radical (unpaired) electrons. The van der Waals surface area contributed by atoms with Crippen molar-refractivity contribution in [3.05, 3.63) is 96.1 Å². The summed E-state index contributed by atoms with van der Waals surface area (Å²) in [6, 6.07) is 24.4. The molecule has 3 N–H and O–H groups in total. The molecule has 2 unspecified atom stereocenters. The highest BCUT2D eigenvalue weighted by Gasteiger charge is 2.74. The topological polar surface area (TPSA) is 108 Å². The number of thioether (sulfide) groups is 1. The van der Waals surface area contributed by atoms with Crippen LogP contribution in [0.3, 0.4) is 0 Å². The summed E-state index contributed by atoms with van der Waals surface area (Å²) >= 11 is 1.61. The van der Waals surface area contributed by atoms with Crippen LogP contribution in [0.5, 0.6) is 5.75 Å². The molecule has 8 nitrogen and oxygen atoms in total. The SMILES string of the molecule is COc1ccc(NC(=O)C2N([C@H](CO)c3ccccc3)C(=O)[C@@H]3[C@@H](C(=O)NCc4ccccc4)[C@H]4CCC23S4)cc1. The summed E-state index contributed by atoms with van der Waals surface area (Å²) in [5.41, 5.74) is 2.30. The van der Waals surface area contributed by atoms with Gasteiger partial charge in [0, 0.05) is 17.5 Å². The Morgan fingerprint density at radius 3 is 2.37 bits per heavy atom. The molecule has 212 valence electrons. The number of likely N-dealkylation sites (tertiary alicyclic amines) is 1. The molecule has 2 bridgehead atoms. The molecule has 3 saturated heterocycles. The molecule has 3 amide bonds. The Morgan fingerprint density at radius 2 is 1.71 bits per heavy atom. The van der Waals surface area contributed by atoms with Crippen molar-refractivity contribution >= 4 is 35.2 Å². The molecule has 1 spiro atoms. The number of amides is 3. The predicted octanol–water partition coefficient (Wildman–Crippen LogP) is 3.77. The minimum Gasteiger partial charge on any atom is -0.497 e. The Hall–Kier alpha value is -3.82. The summed E-state index contributed by atoms with van der Waals surface area (Å²) in [5.74, 6) is -1.29. The number of hydrogen-bond acceptors (Lipinski definition) is 6. The second kappa shape index (κ2) is 11.2. The van der Waals surface area contributed by atoms with Gasteiger partial charge in [0.05, 0.1) is 36.3 Å². The van der Waals surface area contributed by atoms with Gasteiger partial charge in [0.2, 0.25) is 17.7 Å². The Labute approximate surface area is 243 Å². The summed E-state index contributed by atoms with van der Waals surface area (Å²) in [6.45, 7) is 0.0275. The molecule has 3 aliphatic rings. The Kier molecular flexibility index (Phi) is 7.48. The highest BCUT2D eigenvalue weighted by atomic mass is 32.2. The first-order valence-corrected chi connectivity index (χ1v) is 14.8. The van der Waals surface area contributed by atoms with Gasteiger partial charge in [-0.15, -0.1) is 11.8 Å². The third kappa shape index (κ3) is 4.77. The zero-order valence-electron chi connectivity index (χ0n) is 22.7. The molecule has 0 saturated carbocycles. The standard InChI is InChI=1S/C32H33N3O5S/c1-40-23-14-12-22(13-15-23)34-30(38)28-32-17-16-25(41-32)26(29(37)33-18-20-8-4-2-5-9-20)27(32)31(39)35(28)24(19-36)21-10-6-3-7-11-21/h2-15,24-28,36H,16-19H2,1H3,(H,33,37)(H,34,38)/t24-,25-,26+,27+,28?,32?/m1/s1. The van der Waals surface area contributed by atoms with Crippen LogP contribution in [0.4, 0.5) is 5.69 Å². The van der Waals surface area contributed by atoms with Crippen LogP contribution in [0.1, 0.15) is 30.0 Å². The molecule has 6 rings (SSSR count). The fourth-order valence-electron chi connectivity index (χ4n) is 6.84. The van der Waals surface area contributed by atoms with E-state index >= 15 is 0 Å². The molecule has 6 atom stereocenters. The lowest BCUT2D eigenvalue weighted by Gasteiger charge is -2.37. The maximum atomic E-state index is 14.4. The quantitative estimate of drug-likeness (QED) is 0.361. The number of methoxy groups -OCH3 is 1. The maximum absolute atomic E-state index is 14.4. The number of ether oxygens (including phenoxy) is 1. The minimum absolute atomic E-state index is 0.0533. The Bertz CT molecular complexity index is 1420. The normalized spacial score (nSPS) is 26.9. The van der Waals surface area contributed by atoms with E-state index in [9.17, 15) is 19.5 Å². The molecule has 9 heteroatoms. The first kappa shape index (κ1) is 27.4. The van der Waals surface area contributed by atoms with E-state index in [-0.39, 0.29) is 29.6 Å². The number of rotatable bonds is 9. The third-order valence-electron chi connectivity index (χ3n) is 8.65. The molecule has 41 heavy (non-hydrogen) atoms. The predicted molar refractivity (Wildman–Crippen MR) is 157 cm³/mol. The first-order valence-electron chi connectivity index (χ1n) is 13.9. The summed E-state index contributed by atoms with van der Waals surface area (Å²) in [7, 11) is 1.58. The Balaban J connectivity index is 1.35. The lowest BCUT2D eigenvalue weighted by atomic mass is 9.70. The van der Waals surface area contributed by atoms with E-state index in [1.807, 2.05) is 60.7 Å². The highest BCUT2D eigenvalue weighted by Crippen LogP contribution is 2.67. The van der Waals surface area contributed by atoms with E-state index in [1.54, 1.807) is 48.0 Å². The van der Waals surface area contributed by atoms with E-state index in [0.29, 0.717) is 24.4 Å². The number of hydrogen-bond donors (Lipinski definition) is 3. The van der Waals surface area contributed by atoms with E-state index in [0.717, 1.165) is 17.5 Å². The van der Waals surface area contributed by atoms with Crippen molar-refractivity contribution in [1.29, 1.82) is 0 Å². The number of carbonyl (C=O) groups excluding carboxylic acids is 3. The lowest BCUT2D eigenvalue weighted by Crippen LogP contribution is -2.52. The fourth-order valence-corrected chi connectivity index (χ4v) is 9.05. The van der Waals surface area contributed by atoms with Gasteiger partial charge in [0.25, 0.3) is 0 Å². The van der Waals surface area contributed by atoms with Crippen molar-refractivity contribution < 1.29 is 24.2 Å². The van der Waals surface area contributed by atoms with Crippen LogP contribution in [-0.4, -0.2) is 57.5 Å². The summed E-state index contributed by atoms with van der Waals surface area (Å²) in [5, 5.41) is 16.6. The van der Waals surface area contributed by atoms with E-state index in [1.165, 1.54) is 0 Å². The van der Waals surface area contributed by atoms with E-state index in [4.69, 9.17) is 4.74 Å². The maximum Gasteiger partial charge on any atom is 0.248 e. The zero-order valence-corrected chi connectivity index (χ0v) is 23.6. The monoisotopic (exact) mass is 571 g/mol. The second-order valence-corrected chi connectivity index (χ2v) is 12.4. The molecular formula is C32H33N3O5S. The molecular weight excluding hydrogens is 538 g/mol. The molecule has 3 aliphatic heterocycles. The molecule has 3 aromatic carbocycles. The fraction of sp³-hybridized carbons (Fsp3) is 0.344. The van der Waals surface area contributed by atoms with Gasteiger partial charge < -0.3 is 25.4 Å². The van der Waals surface area contributed by atoms with Crippen molar-refractivity contribution in [2.75, 3.05) is 19.0 Å². The lowest BCUT2D eigenvalue weighted by molar-refractivity contribution is -0.142. The number of carbonyl (C=O) groups is 3. The van der Waals surface area contributed by atoms with Crippen LogP contribution >= 0.6 is 11.8 Å². The zero-order chi connectivity index (χ0) is 28.6. The van der Waals surface area contributed by atoms with Crippen molar-refractivity contribution in [1.82, 2.24) is 10.2 Å². The van der Waals surface area contributed by atoms with Crippen molar-refractivity contribution in [3.63, 3.8) is 0 Å². The number of nitrogens with zero attached hydrogens (tertiary/aromatic N) is 1. The smallest absolute Gasteiger partial charge is 0.248 e. The van der Waals surface area contributed by atoms with Gasteiger partial charge >= 0.3 is 0 Å². The van der Waals surface area contributed by atoms with Crippen molar-refractivity contribution in [3.8, 4) is 5.75 Å². The van der Waals surface area contributed by atoms with Gasteiger partial charge in [-0.05, 0) is 48.2 Å². The van der Waals surface area contributed by atoms with Gasteiger partial charge in [0.15, 0.2) is 0 Å². The summed E-state index contributed by atoms with van der Waals surface area (Å²) in [4.78, 5) is 43.8. The van der Waals surface area contributed by atoms with Gasteiger partial charge in [-0.25, -0.2) is 0 Å². The number of anilines is 1. The number of aliphatic hydroxyl groups excluding tert-OH is 1. The van der Waals surface area contributed by atoms with Gasteiger partial charge in [-0.3, -0.25) is 14.4 Å². The third-order valence-corrected chi connectivity index (χ3v) is 10.6. The molecule has 3 aromatic rings.